The monoisotopic (exact) mass is 418 g/mol. The molecule has 1 heterocycles. The van der Waals surface area contributed by atoms with Crippen LogP contribution in [-0.4, -0.2) is 27.7 Å². The van der Waals surface area contributed by atoms with Crippen LogP contribution in [0.1, 0.15) is 36.4 Å². The maximum absolute atomic E-state index is 13.6. The molecule has 0 saturated heterocycles. The van der Waals surface area contributed by atoms with Gasteiger partial charge >= 0.3 is 5.97 Å². The van der Waals surface area contributed by atoms with Crippen LogP contribution < -0.4 is 0 Å². The van der Waals surface area contributed by atoms with Crippen LogP contribution in [0.5, 0.6) is 0 Å². The number of nitrogens with zero attached hydrogens (tertiary/aromatic N) is 2. The van der Waals surface area contributed by atoms with Crippen molar-refractivity contribution in [1.29, 1.82) is 0 Å². The number of amides is 1. The minimum absolute atomic E-state index is 0.154. The standard InChI is InChI=1S/C19H16BrFN2O3/c20-14-6-4-12(5-7-14)16-11-17(13-2-1-3-15(21)10-13)23(22-16)18(24)8-9-19(25)26/h1-7,10,17H,8-9,11H2,(H,25,26)/t17-/m0/s1. The molecule has 1 N–H and O–H groups in total. The summed E-state index contributed by atoms with van der Waals surface area (Å²) in [5.41, 5.74) is 2.20. The summed E-state index contributed by atoms with van der Waals surface area (Å²) in [4.78, 5) is 23.3. The Kier molecular flexibility index (Phi) is 5.46. The van der Waals surface area contributed by atoms with Crippen molar-refractivity contribution in [1.82, 2.24) is 5.01 Å². The summed E-state index contributed by atoms with van der Waals surface area (Å²) in [5, 5.41) is 14.5. The first-order valence-electron chi connectivity index (χ1n) is 8.07. The van der Waals surface area contributed by atoms with E-state index >= 15 is 0 Å². The molecule has 134 valence electrons. The Labute approximate surface area is 158 Å². The molecule has 0 fully saturated rings. The number of hydrazone groups is 1. The van der Waals surface area contributed by atoms with Crippen LogP contribution in [0.3, 0.4) is 0 Å². The lowest BCUT2D eigenvalue weighted by Crippen LogP contribution is -2.27. The highest BCUT2D eigenvalue weighted by Crippen LogP contribution is 2.33. The lowest BCUT2D eigenvalue weighted by molar-refractivity contribution is -0.141. The summed E-state index contributed by atoms with van der Waals surface area (Å²) in [6.45, 7) is 0. The van der Waals surface area contributed by atoms with Crippen LogP contribution in [0.15, 0.2) is 58.1 Å². The zero-order valence-electron chi connectivity index (χ0n) is 13.7. The molecule has 2 aromatic carbocycles. The van der Waals surface area contributed by atoms with E-state index in [1.54, 1.807) is 12.1 Å². The number of carbonyl (C=O) groups is 2. The number of hydrogen-bond donors (Lipinski definition) is 1. The van der Waals surface area contributed by atoms with Gasteiger partial charge in [0, 0.05) is 17.3 Å². The quantitative estimate of drug-likeness (QED) is 0.793. The van der Waals surface area contributed by atoms with Gasteiger partial charge in [0.05, 0.1) is 18.2 Å². The number of carbonyl (C=O) groups excluding carboxylic acids is 1. The maximum Gasteiger partial charge on any atom is 0.303 e. The number of hydrogen-bond acceptors (Lipinski definition) is 3. The van der Waals surface area contributed by atoms with Gasteiger partial charge in [-0.05, 0) is 35.4 Å². The molecule has 7 heteroatoms. The van der Waals surface area contributed by atoms with Gasteiger partial charge in [-0.15, -0.1) is 0 Å². The number of rotatable bonds is 5. The summed E-state index contributed by atoms with van der Waals surface area (Å²) in [6, 6.07) is 13.1. The molecule has 0 saturated carbocycles. The second-order valence-electron chi connectivity index (χ2n) is 5.96. The molecule has 0 aliphatic carbocycles. The van der Waals surface area contributed by atoms with Crippen LogP contribution in [-0.2, 0) is 9.59 Å². The first kappa shape index (κ1) is 18.3. The first-order valence-corrected chi connectivity index (χ1v) is 8.86. The van der Waals surface area contributed by atoms with Crippen molar-refractivity contribution in [3.8, 4) is 0 Å². The van der Waals surface area contributed by atoms with E-state index < -0.39 is 23.7 Å². The van der Waals surface area contributed by atoms with Gasteiger partial charge < -0.3 is 5.11 Å². The van der Waals surface area contributed by atoms with Gasteiger partial charge in [0.1, 0.15) is 5.82 Å². The third-order valence-electron chi connectivity index (χ3n) is 4.13. The largest absolute Gasteiger partial charge is 0.481 e. The van der Waals surface area contributed by atoms with Crippen LogP contribution in [0.4, 0.5) is 4.39 Å². The molecule has 2 aromatic rings. The second kappa shape index (κ2) is 7.78. The first-order chi connectivity index (χ1) is 12.4. The predicted octanol–water partition coefficient (Wildman–Crippen LogP) is 4.13. The molecule has 0 spiro atoms. The zero-order chi connectivity index (χ0) is 18.7. The van der Waals surface area contributed by atoms with Gasteiger partial charge in [-0.25, -0.2) is 9.40 Å². The van der Waals surface area contributed by atoms with E-state index in [1.807, 2.05) is 24.3 Å². The smallest absolute Gasteiger partial charge is 0.303 e. The summed E-state index contributed by atoms with van der Waals surface area (Å²) in [7, 11) is 0. The highest BCUT2D eigenvalue weighted by atomic mass is 79.9. The Morgan fingerprint density at radius 3 is 2.58 bits per heavy atom. The minimum atomic E-state index is -1.04. The van der Waals surface area contributed by atoms with E-state index in [1.165, 1.54) is 17.1 Å². The predicted molar refractivity (Wildman–Crippen MR) is 98.2 cm³/mol. The van der Waals surface area contributed by atoms with Gasteiger partial charge in [-0.1, -0.05) is 40.2 Å². The van der Waals surface area contributed by atoms with Gasteiger partial charge in [0.2, 0.25) is 5.91 Å². The molecule has 1 atom stereocenters. The highest BCUT2D eigenvalue weighted by molar-refractivity contribution is 9.10. The lowest BCUT2D eigenvalue weighted by Gasteiger charge is -2.21. The van der Waals surface area contributed by atoms with Crippen molar-refractivity contribution in [3.05, 3.63) is 69.9 Å². The molecule has 0 unspecified atom stereocenters. The van der Waals surface area contributed by atoms with Crippen LogP contribution in [0, 0.1) is 5.82 Å². The molecular weight excluding hydrogens is 403 g/mol. The Hall–Kier alpha value is -2.54. The average molecular weight is 419 g/mol. The molecule has 1 aliphatic rings. The molecule has 26 heavy (non-hydrogen) atoms. The Bertz CT molecular complexity index is 867. The molecule has 0 bridgehead atoms. The van der Waals surface area contributed by atoms with Crippen LogP contribution in [0.25, 0.3) is 0 Å². The fourth-order valence-corrected chi connectivity index (χ4v) is 3.12. The number of benzene rings is 2. The molecule has 3 rings (SSSR count). The Morgan fingerprint density at radius 2 is 1.92 bits per heavy atom. The summed E-state index contributed by atoms with van der Waals surface area (Å²) >= 11 is 3.38. The van der Waals surface area contributed by atoms with E-state index in [0.717, 1.165) is 10.0 Å². The van der Waals surface area contributed by atoms with Crippen molar-refractivity contribution in [2.75, 3.05) is 0 Å². The van der Waals surface area contributed by atoms with Crippen molar-refractivity contribution < 1.29 is 19.1 Å². The summed E-state index contributed by atoms with van der Waals surface area (Å²) < 4.78 is 14.6. The van der Waals surface area contributed by atoms with Crippen molar-refractivity contribution in [2.24, 2.45) is 5.10 Å². The fraction of sp³-hybridized carbons (Fsp3) is 0.211. The average Bonchev–Trinajstić information content (AvgIpc) is 3.05. The van der Waals surface area contributed by atoms with Crippen LogP contribution >= 0.6 is 15.9 Å². The second-order valence-corrected chi connectivity index (χ2v) is 6.88. The SMILES string of the molecule is O=C(O)CCC(=O)N1N=C(c2ccc(Br)cc2)C[C@H]1c1cccc(F)c1. The molecular formula is C19H16BrFN2O3. The highest BCUT2D eigenvalue weighted by Gasteiger charge is 2.33. The lowest BCUT2D eigenvalue weighted by atomic mass is 9.98. The third kappa shape index (κ3) is 4.16. The van der Waals surface area contributed by atoms with Crippen molar-refractivity contribution in [3.63, 3.8) is 0 Å². The summed E-state index contributed by atoms with van der Waals surface area (Å²) in [6.07, 6.45) is 0.0104. The number of halogens is 2. The van der Waals surface area contributed by atoms with E-state index in [-0.39, 0.29) is 12.8 Å². The number of aliphatic carboxylic acids is 1. The van der Waals surface area contributed by atoms with Gasteiger partial charge in [-0.3, -0.25) is 9.59 Å². The van der Waals surface area contributed by atoms with E-state index in [4.69, 9.17) is 5.11 Å². The zero-order valence-corrected chi connectivity index (χ0v) is 15.3. The normalized spacial score (nSPS) is 16.5. The molecule has 0 radical (unpaired) electrons. The van der Waals surface area contributed by atoms with E-state index in [9.17, 15) is 14.0 Å². The third-order valence-corrected chi connectivity index (χ3v) is 4.66. The molecule has 1 amide bonds. The molecule has 1 aliphatic heterocycles. The molecule has 0 aromatic heterocycles. The summed E-state index contributed by atoms with van der Waals surface area (Å²) in [5.74, 6) is -1.83. The van der Waals surface area contributed by atoms with Crippen molar-refractivity contribution in [2.45, 2.75) is 25.3 Å². The fourth-order valence-electron chi connectivity index (χ4n) is 2.86. The molecule has 5 nitrogen and oxygen atoms in total. The van der Waals surface area contributed by atoms with Gasteiger partial charge in [0.15, 0.2) is 0 Å². The van der Waals surface area contributed by atoms with Gasteiger partial charge in [0.25, 0.3) is 0 Å². The minimum Gasteiger partial charge on any atom is -0.481 e. The van der Waals surface area contributed by atoms with E-state index in [2.05, 4.69) is 21.0 Å². The topological polar surface area (TPSA) is 70.0 Å². The maximum atomic E-state index is 13.6. The number of carboxylic acid groups (broad SMARTS) is 1. The Morgan fingerprint density at radius 1 is 1.19 bits per heavy atom. The van der Waals surface area contributed by atoms with Crippen molar-refractivity contribution >= 4 is 33.5 Å². The Balaban J connectivity index is 1.91. The number of carboxylic acids is 1. The van der Waals surface area contributed by atoms with E-state index in [0.29, 0.717) is 17.7 Å². The van der Waals surface area contributed by atoms with Crippen LogP contribution in [0.2, 0.25) is 0 Å². The van der Waals surface area contributed by atoms with Gasteiger partial charge in [-0.2, -0.15) is 5.10 Å².